The maximum absolute atomic E-state index is 13.1. The van der Waals surface area contributed by atoms with Gasteiger partial charge in [0.15, 0.2) is 0 Å². The summed E-state index contributed by atoms with van der Waals surface area (Å²) < 4.78 is 10.9. The number of aryl methyl sites for hydroxylation is 1. The number of nitriles is 1. The van der Waals surface area contributed by atoms with Gasteiger partial charge in [0.1, 0.15) is 5.75 Å². The van der Waals surface area contributed by atoms with Crippen LogP contribution in [0.3, 0.4) is 0 Å². The lowest BCUT2D eigenvalue weighted by molar-refractivity contribution is -0.125. The normalized spacial score (nSPS) is 11.1. The number of amides is 1. The summed E-state index contributed by atoms with van der Waals surface area (Å²) in [4.78, 5) is 25.8. The average Bonchev–Trinajstić information content (AvgIpc) is 2.78. The molecule has 1 atom stereocenters. The third-order valence-electron chi connectivity index (χ3n) is 4.41. The molecule has 1 N–H and O–H groups in total. The second-order valence-electron chi connectivity index (χ2n) is 6.58. The molecular formula is C24H20N2O4. The predicted octanol–water partition coefficient (Wildman–Crippen LogP) is 4.41. The number of hydrogen-bond donors (Lipinski definition) is 1. The summed E-state index contributed by atoms with van der Waals surface area (Å²) in [6.45, 7) is 1.89. The molecule has 0 bridgehead atoms. The van der Waals surface area contributed by atoms with E-state index in [-0.39, 0.29) is 5.56 Å². The van der Waals surface area contributed by atoms with E-state index in [1.165, 1.54) is 19.2 Å². The smallest absolute Gasteiger partial charge is 0.339 e. The van der Waals surface area contributed by atoms with Crippen molar-refractivity contribution in [2.45, 2.75) is 13.0 Å². The van der Waals surface area contributed by atoms with E-state index in [2.05, 4.69) is 5.32 Å². The van der Waals surface area contributed by atoms with E-state index < -0.39 is 18.0 Å². The molecule has 6 nitrogen and oxygen atoms in total. The molecular weight excluding hydrogens is 380 g/mol. The number of carbonyl (C=O) groups excluding carboxylic acids is 2. The molecule has 0 radical (unpaired) electrons. The van der Waals surface area contributed by atoms with Crippen LogP contribution in [0.2, 0.25) is 0 Å². The number of benzene rings is 3. The Morgan fingerprint density at radius 2 is 1.77 bits per heavy atom. The zero-order chi connectivity index (χ0) is 21.5. The van der Waals surface area contributed by atoms with Gasteiger partial charge in [-0.1, -0.05) is 42.5 Å². The molecule has 0 aromatic heterocycles. The Morgan fingerprint density at radius 3 is 2.47 bits per heavy atom. The standard InChI is InChI=1S/C24H20N2O4/c1-16-11-12-21(29-2)20(13-16)26-23(27)22(18-8-4-3-5-9-18)30-24(28)19-10-6-7-17(14-19)15-25/h3-14,22H,1-2H3,(H,26,27)/t22-/m1/s1. The first kappa shape index (κ1) is 20.6. The van der Waals surface area contributed by atoms with Crippen molar-refractivity contribution >= 4 is 17.6 Å². The molecule has 1 amide bonds. The Balaban J connectivity index is 1.90. The van der Waals surface area contributed by atoms with Crippen molar-refractivity contribution in [3.8, 4) is 11.8 Å². The molecule has 3 rings (SSSR count). The quantitative estimate of drug-likeness (QED) is 0.619. The van der Waals surface area contributed by atoms with Crippen LogP contribution < -0.4 is 10.1 Å². The van der Waals surface area contributed by atoms with Crippen LogP contribution >= 0.6 is 0 Å². The van der Waals surface area contributed by atoms with Gasteiger partial charge in [0.25, 0.3) is 5.91 Å². The van der Waals surface area contributed by atoms with Crippen LogP contribution in [0.5, 0.6) is 5.75 Å². The molecule has 0 unspecified atom stereocenters. The molecule has 3 aromatic carbocycles. The first-order chi connectivity index (χ1) is 14.5. The van der Waals surface area contributed by atoms with Gasteiger partial charge in [-0.15, -0.1) is 0 Å². The van der Waals surface area contributed by atoms with Crippen LogP contribution in [0.1, 0.15) is 33.2 Å². The Hall–Kier alpha value is -4.11. The van der Waals surface area contributed by atoms with Gasteiger partial charge in [0, 0.05) is 5.56 Å². The van der Waals surface area contributed by atoms with Crippen LogP contribution in [0.4, 0.5) is 5.69 Å². The SMILES string of the molecule is COc1ccc(C)cc1NC(=O)[C@H](OC(=O)c1cccc(C#N)c1)c1ccccc1. The summed E-state index contributed by atoms with van der Waals surface area (Å²) in [6, 6.07) is 22.2. The van der Waals surface area contributed by atoms with Gasteiger partial charge < -0.3 is 14.8 Å². The molecule has 3 aromatic rings. The van der Waals surface area contributed by atoms with Gasteiger partial charge in [0.2, 0.25) is 6.10 Å². The highest BCUT2D eigenvalue weighted by Gasteiger charge is 2.26. The molecule has 0 aliphatic heterocycles. The fourth-order valence-corrected chi connectivity index (χ4v) is 2.91. The lowest BCUT2D eigenvalue weighted by atomic mass is 10.1. The van der Waals surface area contributed by atoms with Crippen LogP contribution in [0, 0.1) is 18.3 Å². The van der Waals surface area contributed by atoms with E-state index in [0.717, 1.165) is 5.56 Å². The van der Waals surface area contributed by atoms with E-state index in [1.54, 1.807) is 54.6 Å². The minimum Gasteiger partial charge on any atom is -0.495 e. The van der Waals surface area contributed by atoms with Crippen molar-refractivity contribution in [2.75, 3.05) is 12.4 Å². The number of nitrogens with one attached hydrogen (secondary N) is 1. The van der Waals surface area contributed by atoms with Gasteiger partial charge in [-0.05, 0) is 42.8 Å². The number of hydrogen-bond acceptors (Lipinski definition) is 5. The largest absolute Gasteiger partial charge is 0.495 e. The van der Waals surface area contributed by atoms with Crippen molar-refractivity contribution in [1.82, 2.24) is 0 Å². The zero-order valence-electron chi connectivity index (χ0n) is 16.6. The lowest BCUT2D eigenvalue weighted by Crippen LogP contribution is -2.26. The third-order valence-corrected chi connectivity index (χ3v) is 4.41. The van der Waals surface area contributed by atoms with Gasteiger partial charge in [-0.2, -0.15) is 5.26 Å². The first-order valence-electron chi connectivity index (χ1n) is 9.23. The number of nitrogens with zero attached hydrogens (tertiary/aromatic N) is 1. The third kappa shape index (κ3) is 4.83. The van der Waals surface area contributed by atoms with Crippen LogP contribution in [-0.4, -0.2) is 19.0 Å². The molecule has 0 aliphatic rings. The molecule has 0 saturated heterocycles. The van der Waals surface area contributed by atoms with Crippen molar-refractivity contribution in [3.63, 3.8) is 0 Å². The van der Waals surface area contributed by atoms with Crippen molar-refractivity contribution in [2.24, 2.45) is 0 Å². The monoisotopic (exact) mass is 400 g/mol. The predicted molar refractivity (Wildman–Crippen MR) is 112 cm³/mol. The Morgan fingerprint density at radius 1 is 1.00 bits per heavy atom. The average molecular weight is 400 g/mol. The first-order valence-corrected chi connectivity index (χ1v) is 9.23. The molecule has 30 heavy (non-hydrogen) atoms. The van der Waals surface area contributed by atoms with E-state index >= 15 is 0 Å². The number of rotatable bonds is 6. The maximum Gasteiger partial charge on any atom is 0.339 e. The fourth-order valence-electron chi connectivity index (χ4n) is 2.91. The molecule has 0 spiro atoms. The van der Waals surface area contributed by atoms with E-state index in [4.69, 9.17) is 14.7 Å². The number of anilines is 1. The Kier molecular flexibility index (Phi) is 6.46. The second kappa shape index (κ2) is 9.39. The summed E-state index contributed by atoms with van der Waals surface area (Å²) in [5.74, 6) is -0.726. The van der Waals surface area contributed by atoms with Crippen molar-refractivity contribution in [3.05, 3.63) is 95.1 Å². The summed E-state index contributed by atoms with van der Waals surface area (Å²) in [7, 11) is 1.51. The second-order valence-corrected chi connectivity index (χ2v) is 6.58. The van der Waals surface area contributed by atoms with Crippen LogP contribution in [0.25, 0.3) is 0 Å². The van der Waals surface area contributed by atoms with E-state index in [0.29, 0.717) is 22.6 Å². The number of ether oxygens (including phenoxy) is 2. The van der Waals surface area contributed by atoms with Gasteiger partial charge in [-0.3, -0.25) is 4.79 Å². The maximum atomic E-state index is 13.1. The zero-order valence-corrected chi connectivity index (χ0v) is 16.6. The lowest BCUT2D eigenvalue weighted by Gasteiger charge is -2.19. The Bertz CT molecular complexity index is 1100. The van der Waals surface area contributed by atoms with Crippen molar-refractivity contribution in [1.29, 1.82) is 5.26 Å². The molecule has 0 fully saturated rings. The minimum atomic E-state index is -1.19. The highest BCUT2D eigenvalue weighted by Crippen LogP contribution is 2.28. The van der Waals surface area contributed by atoms with E-state index in [9.17, 15) is 9.59 Å². The van der Waals surface area contributed by atoms with Gasteiger partial charge in [-0.25, -0.2) is 4.79 Å². The molecule has 0 heterocycles. The molecule has 150 valence electrons. The summed E-state index contributed by atoms with van der Waals surface area (Å²) >= 11 is 0. The number of esters is 1. The summed E-state index contributed by atoms with van der Waals surface area (Å²) in [5, 5.41) is 11.8. The highest BCUT2D eigenvalue weighted by atomic mass is 16.5. The Labute approximate surface area is 174 Å². The summed E-state index contributed by atoms with van der Waals surface area (Å²) in [5.41, 5.74) is 2.45. The number of methoxy groups -OCH3 is 1. The van der Waals surface area contributed by atoms with Gasteiger partial charge >= 0.3 is 5.97 Å². The molecule has 0 aliphatic carbocycles. The minimum absolute atomic E-state index is 0.191. The van der Waals surface area contributed by atoms with Gasteiger partial charge in [0.05, 0.1) is 30.0 Å². The number of carbonyl (C=O) groups is 2. The summed E-state index contributed by atoms with van der Waals surface area (Å²) in [6.07, 6.45) is -1.19. The van der Waals surface area contributed by atoms with Crippen LogP contribution in [-0.2, 0) is 9.53 Å². The molecule has 0 saturated carbocycles. The van der Waals surface area contributed by atoms with Crippen LogP contribution in [0.15, 0.2) is 72.8 Å². The fraction of sp³-hybridized carbons (Fsp3) is 0.125. The van der Waals surface area contributed by atoms with E-state index in [1.807, 2.05) is 19.1 Å². The molecule has 6 heteroatoms. The van der Waals surface area contributed by atoms with Crippen molar-refractivity contribution < 1.29 is 19.1 Å². The topological polar surface area (TPSA) is 88.4 Å². The highest BCUT2D eigenvalue weighted by molar-refractivity contribution is 5.99.